The Morgan fingerprint density at radius 1 is 1.20 bits per heavy atom. The summed E-state index contributed by atoms with van der Waals surface area (Å²) in [5, 5.41) is 8.88. The van der Waals surface area contributed by atoms with Crippen molar-refractivity contribution < 1.29 is 29.0 Å². The molecule has 0 aromatic heterocycles. The zero-order valence-electron chi connectivity index (χ0n) is 10.9. The van der Waals surface area contributed by atoms with Crippen molar-refractivity contribution in [1.82, 2.24) is 0 Å². The third kappa shape index (κ3) is 2.85. The van der Waals surface area contributed by atoms with Crippen molar-refractivity contribution in [2.24, 2.45) is 0 Å². The van der Waals surface area contributed by atoms with E-state index < -0.39 is 23.7 Å². The van der Waals surface area contributed by atoms with Gasteiger partial charge in [-0.2, -0.15) is 0 Å². The van der Waals surface area contributed by atoms with E-state index in [-0.39, 0.29) is 11.1 Å². The van der Waals surface area contributed by atoms with Crippen LogP contribution < -0.4 is 0 Å². The maximum atomic E-state index is 11.7. The topological polar surface area (TPSA) is 89.9 Å². The molecule has 0 atom stereocenters. The van der Waals surface area contributed by atoms with Gasteiger partial charge in [0.1, 0.15) is 5.57 Å². The summed E-state index contributed by atoms with van der Waals surface area (Å²) in [5.41, 5.74) is 0.178. The Bertz CT molecular complexity index is 604. The second-order valence-corrected chi connectivity index (χ2v) is 4.67. The third-order valence-corrected chi connectivity index (χ3v) is 2.56. The first-order valence-electron chi connectivity index (χ1n) is 5.80. The Morgan fingerprint density at radius 2 is 1.80 bits per heavy atom. The van der Waals surface area contributed by atoms with Gasteiger partial charge < -0.3 is 14.6 Å². The fourth-order valence-electron chi connectivity index (χ4n) is 1.71. The summed E-state index contributed by atoms with van der Waals surface area (Å²) in [4.78, 5) is 34.3. The highest BCUT2D eigenvalue weighted by Gasteiger charge is 2.38. The molecule has 1 N–H and O–H groups in total. The highest BCUT2D eigenvalue weighted by atomic mass is 16.7. The van der Waals surface area contributed by atoms with Crippen molar-refractivity contribution in [1.29, 1.82) is 0 Å². The van der Waals surface area contributed by atoms with Crippen LogP contribution in [-0.2, 0) is 19.1 Å². The molecule has 1 heterocycles. The van der Waals surface area contributed by atoms with Gasteiger partial charge in [-0.25, -0.2) is 14.4 Å². The minimum atomic E-state index is -1.30. The Labute approximate surface area is 114 Å². The minimum Gasteiger partial charge on any atom is -0.478 e. The number of hydrogen-bond donors (Lipinski definition) is 1. The number of aromatic carboxylic acids is 1. The lowest BCUT2D eigenvalue weighted by atomic mass is 10.1. The number of carboxylic acid groups (broad SMARTS) is 1. The number of carbonyl (C=O) groups excluding carboxylic acids is 2. The average Bonchev–Trinajstić information content (AvgIpc) is 2.33. The lowest BCUT2D eigenvalue weighted by Gasteiger charge is -2.29. The number of benzene rings is 1. The number of ether oxygens (including phenoxy) is 2. The van der Waals surface area contributed by atoms with Crippen LogP contribution in [0.4, 0.5) is 0 Å². The average molecular weight is 276 g/mol. The van der Waals surface area contributed by atoms with Gasteiger partial charge in [-0.15, -0.1) is 0 Å². The van der Waals surface area contributed by atoms with Gasteiger partial charge >= 0.3 is 17.9 Å². The van der Waals surface area contributed by atoms with Crippen LogP contribution in [0.3, 0.4) is 0 Å². The zero-order valence-corrected chi connectivity index (χ0v) is 10.9. The minimum absolute atomic E-state index is 0.0530. The molecule has 104 valence electrons. The summed E-state index contributed by atoms with van der Waals surface area (Å²) < 4.78 is 9.88. The molecule has 6 heteroatoms. The standard InChI is InChI=1S/C14H12O6/c1-14(2)19-12(17)10(13(18)20-14)7-8-4-3-5-9(6-8)11(15)16/h3-7H,1-2H3,(H,15,16). The molecule has 1 aromatic carbocycles. The monoisotopic (exact) mass is 276 g/mol. The number of esters is 2. The summed E-state index contributed by atoms with van der Waals surface area (Å²) in [6, 6.07) is 5.83. The molecule has 1 fully saturated rings. The molecule has 1 saturated heterocycles. The molecule has 0 amide bonds. The normalized spacial score (nSPS) is 17.2. The number of carbonyl (C=O) groups is 3. The molecule has 2 rings (SSSR count). The van der Waals surface area contributed by atoms with E-state index in [0.717, 1.165) is 0 Å². The molecule has 1 aliphatic heterocycles. The van der Waals surface area contributed by atoms with Crippen molar-refractivity contribution in [2.75, 3.05) is 0 Å². The summed E-state index contributed by atoms with van der Waals surface area (Å²) in [6.45, 7) is 2.90. The zero-order chi connectivity index (χ0) is 14.9. The fraction of sp³-hybridized carbons (Fsp3) is 0.214. The van der Waals surface area contributed by atoms with Crippen LogP contribution in [-0.4, -0.2) is 28.8 Å². The Hall–Kier alpha value is -2.63. The molecule has 1 aromatic rings. The molecular formula is C14H12O6. The predicted octanol–water partition coefficient (Wildman–Crippen LogP) is 1.60. The second-order valence-electron chi connectivity index (χ2n) is 4.67. The molecule has 0 bridgehead atoms. The van der Waals surface area contributed by atoms with Gasteiger partial charge in [0.2, 0.25) is 0 Å². The Morgan fingerprint density at radius 3 is 2.35 bits per heavy atom. The highest BCUT2D eigenvalue weighted by Crippen LogP contribution is 2.24. The largest absolute Gasteiger partial charge is 0.478 e. The van der Waals surface area contributed by atoms with E-state index in [0.29, 0.717) is 5.56 Å². The summed E-state index contributed by atoms with van der Waals surface area (Å²) in [6.07, 6.45) is 1.24. The van der Waals surface area contributed by atoms with E-state index in [4.69, 9.17) is 14.6 Å². The molecule has 0 unspecified atom stereocenters. The molecule has 20 heavy (non-hydrogen) atoms. The molecule has 0 aliphatic carbocycles. The van der Waals surface area contributed by atoms with Crippen LogP contribution in [0, 0.1) is 0 Å². The van der Waals surface area contributed by atoms with Gasteiger partial charge in [-0.3, -0.25) is 0 Å². The van der Waals surface area contributed by atoms with E-state index in [1.807, 2.05) is 0 Å². The molecule has 0 spiro atoms. The van der Waals surface area contributed by atoms with Crippen molar-refractivity contribution >= 4 is 24.0 Å². The number of carboxylic acids is 1. The van der Waals surface area contributed by atoms with E-state index in [9.17, 15) is 14.4 Å². The summed E-state index contributed by atoms with van der Waals surface area (Å²) >= 11 is 0. The van der Waals surface area contributed by atoms with Gasteiger partial charge in [-0.05, 0) is 23.8 Å². The number of rotatable bonds is 2. The van der Waals surface area contributed by atoms with Crippen LogP contribution in [0.5, 0.6) is 0 Å². The van der Waals surface area contributed by atoms with Crippen LogP contribution in [0.1, 0.15) is 29.8 Å². The van der Waals surface area contributed by atoms with Gasteiger partial charge in [-0.1, -0.05) is 12.1 Å². The Balaban J connectivity index is 2.36. The van der Waals surface area contributed by atoms with Gasteiger partial charge in [0.15, 0.2) is 0 Å². The lowest BCUT2D eigenvalue weighted by molar-refractivity contribution is -0.222. The molecule has 1 aliphatic rings. The van der Waals surface area contributed by atoms with Crippen molar-refractivity contribution in [2.45, 2.75) is 19.6 Å². The number of hydrogen-bond acceptors (Lipinski definition) is 5. The maximum absolute atomic E-state index is 11.7. The van der Waals surface area contributed by atoms with Gasteiger partial charge in [0.25, 0.3) is 5.79 Å². The second kappa shape index (κ2) is 4.80. The fourth-order valence-corrected chi connectivity index (χ4v) is 1.71. The highest BCUT2D eigenvalue weighted by molar-refractivity contribution is 6.18. The maximum Gasteiger partial charge on any atom is 0.348 e. The molecule has 0 saturated carbocycles. The van der Waals surface area contributed by atoms with E-state index >= 15 is 0 Å². The first-order chi connectivity index (χ1) is 9.28. The van der Waals surface area contributed by atoms with Crippen LogP contribution in [0.2, 0.25) is 0 Å². The molecule has 6 nitrogen and oxygen atoms in total. The van der Waals surface area contributed by atoms with E-state index in [2.05, 4.69) is 0 Å². The quantitative estimate of drug-likeness (QED) is 0.501. The first-order valence-corrected chi connectivity index (χ1v) is 5.80. The molecular weight excluding hydrogens is 264 g/mol. The van der Waals surface area contributed by atoms with Crippen molar-refractivity contribution in [3.8, 4) is 0 Å². The van der Waals surface area contributed by atoms with Crippen LogP contribution in [0.15, 0.2) is 29.8 Å². The van der Waals surface area contributed by atoms with E-state index in [1.54, 1.807) is 6.07 Å². The smallest absolute Gasteiger partial charge is 0.348 e. The predicted molar refractivity (Wildman–Crippen MR) is 67.6 cm³/mol. The summed E-state index contributed by atoms with van der Waals surface area (Å²) in [7, 11) is 0. The summed E-state index contributed by atoms with van der Waals surface area (Å²) in [5.74, 6) is -3.99. The van der Waals surface area contributed by atoms with E-state index in [1.165, 1.54) is 38.1 Å². The van der Waals surface area contributed by atoms with Gasteiger partial charge in [0, 0.05) is 13.8 Å². The lowest BCUT2D eigenvalue weighted by Crippen LogP contribution is -2.41. The van der Waals surface area contributed by atoms with Crippen molar-refractivity contribution in [3.63, 3.8) is 0 Å². The van der Waals surface area contributed by atoms with Gasteiger partial charge in [0.05, 0.1) is 5.56 Å². The van der Waals surface area contributed by atoms with Crippen molar-refractivity contribution in [3.05, 3.63) is 41.0 Å². The SMILES string of the molecule is CC1(C)OC(=O)C(=Cc2cccc(C(=O)O)c2)C(=O)O1. The third-order valence-electron chi connectivity index (χ3n) is 2.56. The first kappa shape index (κ1) is 13.8. The van der Waals surface area contributed by atoms with Crippen LogP contribution >= 0.6 is 0 Å². The number of cyclic esters (lactones) is 2. The van der Waals surface area contributed by atoms with Crippen LogP contribution in [0.25, 0.3) is 6.08 Å². The Kier molecular flexibility index (Phi) is 3.31. The molecule has 0 radical (unpaired) electrons.